The first kappa shape index (κ1) is 35.9. The molecule has 8 atom stereocenters. The monoisotopic (exact) mass is 750 g/mol. The first-order chi connectivity index (χ1) is 26.4. The number of ether oxygens (including phenoxy) is 4. The Kier molecular flexibility index (Phi) is 7.89. The molecule has 2 fully saturated rings. The van der Waals surface area contributed by atoms with E-state index in [4.69, 9.17) is 18.9 Å². The predicted octanol–water partition coefficient (Wildman–Crippen LogP) is 4.37. The van der Waals surface area contributed by atoms with Crippen molar-refractivity contribution in [1.82, 2.24) is 9.88 Å². The van der Waals surface area contributed by atoms with Crippen LogP contribution in [0.4, 0.5) is 11.4 Å². The molecule has 1 saturated heterocycles. The SMILES string of the molecule is CC[C@]12C=CCN3CC[C@@]4(c5cc([C@@]6(C(=O)OC)C[C@@H]7C=C(C)CN(C7)c7c6[nH]c6ccccc76)c(OC)cc5N(C)[C@H]4[C@@](O)(C(=O)OC)[C@@H]1OC(C)=O)[C@@H]32. The molecule has 0 radical (unpaired) electrons. The molecule has 9 rings (SSSR count). The Morgan fingerprint density at radius 2 is 1.80 bits per heavy atom. The zero-order valence-electron chi connectivity index (χ0n) is 32.6. The lowest BCUT2D eigenvalue weighted by Crippen LogP contribution is -2.81. The Hall–Kier alpha value is -4.81. The maximum Gasteiger partial charge on any atom is 0.344 e. The summed E-state index contributed by atoms with van der Waals surface area (Å²) >= 11 is 0. The minimum atomic E-state index is -2.27. The third-order valence-electron chi connectivity index (χ3n) is 14.1. The van der Waals surface area contributed by atoms with E-state index in [1.54, 1.807) is 7.11 Å². The molecule has 55 heavy (non-hydrogen) atoms. The molecule has 2 bridgehead atoms. The van der Waals surface area contributed by atoms with Gasteiger partial charge in [0.15, 0.2) is 6.10 Å². The molecule has 6 heterocycles. The number of aromatic nitrogens is 1. The van der Waals surface area contributed by atoms with E-state index in [0.717, 1.165) is 46.6 Å². The molecule has 1 aliphatic carbocycles. The zero-order valence-corrected chi connectivity index (χ0v) is 32.6. The molecular weight excluding hydrogens is 700 g/mol. The Morgan fingerprint density at radius 3 is 2.51 bits per heavy atom. The lowest BCUT2D eigenvalue weighted by atomic mass is 9.47. The van der Waals surface area contributed by atoms with E-state index >= 15 is 4.79 Å². The molecule has 3 aromatic rings. The normalized spacial score (nSPS) is 34.2. The van der Waals surface area contributed by atoms with E-state index in [1.807, 2.05) is 43.1 Å². The molecule has 6 aliphatic rings. The average Bonchev–Trinajstić information content (AvgIpc) is 3.82. The summed E-state index contributed by atoms with van der Waals surface area (Å²) in [6.45, 7) is 8.29. The number of para-hydroxylation sites is 1. The van der Waals surface area contributed by atoms with Crippen LogP contribution < -0.4 is 14.5 Å². The van der Waals surface area contributed by atoms with E-state index in [9.17, 15) is 14.7 Å². The van der Waals surface area contributed by atoms with Crippen LogP contribution >= 0.6 is 0 Å². The number of nitrogens with zero attached hydrogens (tertiary/aromatic N) is 3. The minimum Gasteiger partial charge on any atom is -0.496 e. The summed E-state index contributed by atoms with van der Waals surface area (Å²) in [5.41, 5.74) is 0.779. The van der Waals surface area contributed by atoms with Crippen LogP contribution in [0.25, 0.3) is 10.9 Å². The quantitative estimate of drug-likeness (QED) is 0.212. The Balaban J connectivity index is 1.38. The summed E-state index contributed by atoms with van der Waals surface area (Å²) in [4.78, 5) is 52.7. The van der Waals surface area contributed by atoms with Crippen molar-refractivity contribution >= 4 is 40.2 Å². The number of methoxy groups -OCH3 is 3. The number of anilines is 2. The third-order valence-corrected chi connectivity index (χ3v) is 14.1. The number of hydrogen-bond acceptors (Lipinski definition) is 11. The second-order valence-corrected chi connectivity index (χ2v) is 16.6. The molecule has 2 N–H and O–H groups in total. The highest BCUT2D eigenvalue weighted by atomic mass is 16.6. The molecule has 5 aliphatic heterocycles. The fourth-order valence-electron chi connectivity index (χ4n) is 12.5. The van der Waals surface area contributed by atoms with Crippen molar-refractivity contribution in [2.75, 3.05) is 64.4 Å². The van der Waals surface area contributed by atoms with E-state index in [-0.39, 0.29) is 12.0 Å². The predicted molar refractivity (Wildman–Crippen MR) is 206 cm³/mol. The summed E-state index contributed by atoms with van der Waals surface area (Å²) in [6, 6.07) is 11.1. The van der Waals surface area contributed by atoms with Crippen molar-refractivity contribution in [2.24, 2.45) is 11.3 Å². The summed E-state index contributed by atoms with van der Waals surface area (Å²) in [6.07, 6.45) is 6.67. The van der Waals surface area contributed by atoms with Gasteiger partial charge in [0.05, 0.1) is 38.8 Å². The molecule has 0 amide bonds. The highest BCUT2D eigenvalue weighted by Crippen LogP contribution is 2.68. The molecule has 1 aromatic heterocycles. The number of benzene rings is 2. The Bertz CT molecular complexity index is 2210. The van der Waals surface area contributed by atoms with Gasteiger partial charge in [-0.1, -0.05) is 48.9 Å². The van der Waals surface area contributed by atoms with Gasteiger partial charge in [0.2, 0.25) is 5.60 Å². The van der Waals surface area contributed by atoms with Crippen molar-refractivity contribution in [2.45, 2.75) is 74.7 Å². The Morgan fingerprint density at radius 1 is 1.04 bits per heavy atom. The highest BCUT2D eigenvalue weighted by molar-refractivity contribution is 6.01. The summed E-state index contributed by atoms with van der Waals surface area (Å²) in [5.74, 6) is -1.35. The first-order valence-electron chi connectivity index (χ1n) is 19.3. The number of nitrogens with one attached hydrogen (secondary N) is 1. The molecule has 1 saturated carbocycles. The van der Waals surface area contributed by atoms with Gasteiger partial charge in [-0.05, 0) is 56.3 Å². The highest BCUT2D eigenvalue weighted by Gasteiger charge is 2.80. The van der Waals surface area contributed by atoms with Crippen molar-refractivity contribution in [3.8, 4) is 5.75 Å². The Labute approximate surface area is 321 Å². The number of likely N-dealkylation sites (N-methyl/N-ethyl adjacent to an activating group) is 1. The largest absolute Gasteiger partial charge is 0.496 e. The fraction of sp³-hybridized carbons (Fsp3) is 0.512. The summed E-state index contributed by atoms with van der Waals surface area (Å²) < 4.78 is 23.7. The van der Waals surface area contributed by atoms with Gasteiger partial charge in [0.25, 0.3) is 0 Å². The van der Waals surface area contributed by atoms with Crippen LogP contribution in [-0.2, 0) is 39.4 Å². The number of H-pyrrole nitrogens is 1. The number of carbonyl (C=O) groups is 3. The van der Waals surface area contributed by atoms with Crippen LogP contribution in [0.3, 0.4) is 0 Å². The van der Waals surface area contributed by atoms with Gasteiger partial charge in [0.1, 0.15) is 11.2 Å². The van der Waals surface area contributed by atoms with Crippen molar-refractivity contribution in [1.29, 1.82) is 0 Å². The van der Waals surface area contributed by atoms with Gasteiger partial charge >= 0.3 is 17.9 Å². The molecule has 290 valence electrons. The molecular formula is C43H50N4O8. The van der Waals surface area contributed by atoms with Crippen molar-refractivity contribution in [3.63, 3.8) is 0 Å². The zero-order chi connectivity index (χ0) is 38.8. The van der Waals surface area contributed by atoms with Crippen LogP contribution in [0.5, 0.6) is 5.75 Å². The molecule has 2 aromatic carbocycles. The van der Waals surface area contributed by atoms with E-state index in [1.165, 1.54) is 26.7 Å². The van der Waals surface area contributed by atoms with Crippen LogP contribution in [0, 0.1) is 11.3 Å². The molecule has 0 unspecified atom stereocenters. The first-order valence-corrected chi connectivity index (χ1v) is 19.3. The van der Waals surface area contributed by atoms with E-state index in [0.29, 0.717) is 43.7 Å². The van der Waals surface area contributed by atoms with Gasteiger partial charge in [-0.3, -0.25) is 14.5 Å². The maximum atomic E-state index is 15.0. The summed E-state index contributed by atoms with van der Waals surface area (Å²) in [5, 5.41) is 14.3. The molecule has 12 nitrogen and oxygen atoms in total. The number of aliphatic hydroxyl groups is 1. The van der Waals surface area contributed by atoms with Crippen molar-refractivity contribution in [3.05, 3.63) is 77.0 Å². The standard InChI is InChI=1S/C43H50N4O8/c1-8-40-14-11-16-46-17-15-41(35(40)46)28-19-29(32(52-5)20-31(28)45(4)36(41)43(51,39(50)54-7)37(40)55-25(3)48)42(38(49)53-6)21-26-18-24(2)22-47(23-26)33-27-12-9-10-13-30(27)44-34(33)42/h9-14,18-20,26,35-37,44,51H,8,15-17,21-23H2,1-7H3/t26-,35-,36+,37+,40+,41+,42-,43-/m0/s1. The second-order valence-electron chi connectivity index (χ2n) is 16.6. The number of fused-ring (bicyclic) bond motifs is 7. The molecule has 12 heteroatoms. The smallest absolute Gasteiger partial charge is 0.344 e. The number of aromatic amines is 1. The molecule has 1 spiro atoms. The van der Waals surface area contributed by atoms with Gasteiger partial charge in [-0.2, -0.15) is 0 Å². The van der Waals surface area contributed by atoms with Gasteiger partial charge < -0.3 is 38.8 Å². The lowest BCUT2D eigenvalue weighted by molar-refractivity contribution is -0.228. The summed E-state index contributed by atoms with van der Waals surface area (Å²) in [7, 11) is 6.19. The average molecular weight is 751 g/mol. The maximum absolute atomic E-state index is 15.0. The minimum absolute atomic E-state index is 0.0146. The number of rotatable bonds is 6. The number of esters is 3. The van der Waals surface area contributed by atoms with Gasteiger partial charge in [-0.15, -0.1) is 0 Å². The van der Waals surface area contributed by atoms with Crippen LogP contribution in [0.1, 0.15) is 56.9 Å². The number of hydrogen-bond donors (Lipinski definition) is 2. The van der Waals surface area contributed by atoms with Crippen LogP contribution in [-0.4, -0.2) is 111 Å². The van der Waals surface area contributed by atoms with Crippen molar-refractivity contribution < 1.29 is 38.4 Å². The van der Waals surface area contributed by atoms with Gasteiger partial charge in [0, 0.05) is 78.7 Å². The third kappa shape index (κ3) is 4.32. The van der Waals surface area contributed by atoms with E-state index in [2.05, 4.69) is 52.1 Å². The van der Waals surface area contributed by atoms with Crippen LogP contribution in [0.15, 0.2) is 60.2 Å². The van der Waals surface area contributed by atoms with Gasteiger partial charge in [-0.25, -0.2) is 4.79 Å². The van der Waals surface area contributed by atoms with Crippen LogP contribution in [0.2, 0.25) is 0 Å². The fourth-order valence-corrected chi connectivity index (χ4v) is 12.5. The second kappa shape index (κ2) is 12.1. The number of carbonyl (C=O) groups excluding carboxylic acids is 3. The van der Waals surface area contributed by atoms with E-state index < -0.39 is 51.9 Å². The topological polar surface area (TPSA) is 134 Å². The lowest BCUT2D eigenvalue weighted by Gasteiger charge is -2.63.